The van der Waals surface area contributed by atoms with Crippen LogP contribution in [0.3, 0.4) is 0 Å². The van der Waals surface area contributed by atoms with Crippen LogP contribution in [0, 0.1) is 0 Å². The molecule has 0 aromatic heterocycles. The van der Waals surface area contributed by atoms with Gasteiger partial charge in [-0.15, -0.1) is 0 Å². The summed E-state index contributed by atoms with van der Waals surface area (Å²) < 4.78 is 94.4. The summed E-state index contributed by atoms with van der Waals surface area (Å²) in [7, 11) is 1.33. The lowest BCUT2D eigenvalue weighted by atomic mass is 10.3. The van der Waals surface area contributed by atoms with Gasteiger partial charge in [0.1, 0.15) is 0 Å². The van der Waals surface area contributed by atoms with Crippen molar-refractivity contribution < 1.29 is 59.3 Å². The van der Waals surface area contributed by atoms with E-state index in [4.69, 9.17) is 4.74 Å². The first-order valence-electron chi connectivity index (χ1n) is 8.56. The van der Waals surface area contributed by atoms with Gasteiger partial charge in [-0.2, -0.15) is 30.7 Å². The Morgan fingerprint density at radius 3 is 1.59 bits per heavy atom. The van der Waals surface area contributed by atoms with E-state index in [1.54, 1.807) is 13.8 Å². The molecule has 0 atom stereocenters. The minimum atomic E-state index is -6.53. The Bertz CT molecular complexity index is 670. The van der Waals surface area contributed by atoms with E-state index in [9.17, 15) is 45.1 Å². The third-order valence-corrected chi connectivity index (χ3v) is 2.73. The number of unbranched alkanes of at least 4 members (excludes halogenated alkanes) is 1. The van der Waals surface area contributed by atoms with Gasteiger partial charge in [-0.05, 0) is 20.3 Å². The van der Waals surface area contributed by atoms with Crippen LogP contribution in [0.15, 0.2) is 37.0 Å². The second-order valence-corrected chi connectivity index (χ2v) is 5.76. The van der Waals surface area contributed by atoms with Gasteiger partial charge in [0.2, 0.25) is 0 Å². The zero-order valence-corrected chi connectivity index (χ0v) is 17.9. The van der Waals surface area contributed by atoms with E-state index in [-0.39, 0.29) is 18.0 Å². The summed E-state index contributed by atoms with van der Waals surface area (Å²) in [5.74, 6) is -9.18. The number of rotatable bonds is 8. The lowest BCUT2D eigenvalue weighted by Crippen LogP contribution is -2.53. The molecule has 13 heteroatoms. The van der Waals surface area contributed by atoms with Crippen molar-refractivity contribution in [2.75, 3.05) is 13.7 Å². The van der Waals surface area contributed by atoms with Crippen LogP contribution in [0.25, 0.3) is 0 Å². The SMILES string of the molecule is C=C(C)C(=O)OC.C=C(C)C(=O)OCCCC.C=CC(=O)OC(F)(F)C(F)(F)C(F)(F)F. The number of alkyl halides is 7. The van der Waals surface area contributed by atoms with Crippen LogP contribution >= 0.6 is 0 Å². The number of halogens is 7. The number of hydrogen-bond donors (Lipinski definition) is 0. The summed E-state index contributed by atoms with van der Waals surface area (Å²) in [5, 5.41) is 0. The highest BCUT2D eigenvalue weighted by atomic mass is 19.4. The van der Waals surface area contributed by atoms with Crippen LogP contribution in [-0.4, -0.2) is 49.8 Å². The summed E-state index contributed by atoms with van der Waals surface area (Å²) >= 11 is 0. The largest absolute Gasteiger partial charge is 0.476 e. The summed E-state index contributed by atoms with van der Waals surface area (Å²) in [6.07, 6.45) is -10.5. The molecule has 0 aromatic rings. The van der Waals surface area contributed by atoms with Gasteiger partial charge in [0.15, 0.2) is 0 Å². The van der Waals surface area contributed by atoms with Gasteiger partial charge in [0.25, 0.3) is 0 Å². The van der Waals surface area contributed by atoms with Crippen molar-refractivity contribution in [2.24, 2.45) is 0 Å². The van der Waals surface area contributed by atoms with E-state index < -0.39 is 24.2 Å². The van der Waals surface area contributed by atoms with Crippen LogP contribution < -0.4 is 0 Å². The van der Waals surface area contributed by atoms with Gasteiger partial charge >= 0.3 is 36.1 Å². The van der Waals surface area contributed by atoms with Crippen molar-refractivity contribution in [1.82, 2.24) is 0 Å². The van der Waals surface area contributed by atoms with Crippen molar-refractivity contribution in [2.45, 2.75) is 51.8 Å². The quantitative estimate of drug-likeness (QED) is 0.157. The Hall–Kier alpha value is -2.86. The number of methoxy groups -OCH3 is 1. The first-order chi connectivity index (χ1) is 14.3. The zero-order chi connectivity index (χ0) is 26.3. The molecule has 0 amide bonds. The van der Waals surface area contributed by atoms with Gasteiger partial charge in [-0.25, -0.2) is 14.4 Å². The molecule has 0 rings (SSSR count). The summed E-state index contributed by atoms with van der Waals surface area (Å²) in [6, 6.07) is 0. The third kappa shape index (κ3) is 13.4. The van der Waals surface area contributed by atoms with Crippen molar-refractivity contribution >= 4 is 17.9 Å². The van der Waals surface area contributed by atoms with Crippen LogP contribution in [0.2, 0.25) is 0 Å². The van der Waals surface area contributed by atoms with Gasteiger partial charge in [0, 0.05) is 17.2 Å². The number of hydrogen-bond acceptors (Lipinski definition) is 6. The smallest absolute Gasteiger partial charge is 0.466 e. The second-order valence-electron chi connectivity index (χ2n) is 5.76. The molecule has 0 aromatic carbocycles. The molecule has 0 aliphatic heterocycles. The standard InChI is InChI=1S/C8H14O2.C6H3F7O2.C5H8O2/c1-4-5-6-10-8(9)7(2)3;1-2-3(14)15-6(12,13)4(7,8)5(9,10)11;1-4(2)5(6)7-3/h2,4-6H2,1,3H3;2H,1H2;1H2,2-3H3. The van der Waals surface area contributed by atoms with Crippen molar-refractivity contribution in [1.29, 1.82) is 0 Å². The molecule has 0 saturated heterocycles. The predicted octanol–water partition coefficient (Wildman–Crippen LogP) is 5.15. The first-order valence-corrected chi connectivity index (χ1v) is 8.56. The Morgan fingerprint density at radius 1 is 0.906 bits per heavy atom. The highest BCUT2D eigenvalue weighted by Crippen LogP contribution is 2.46. The van der Waals surface area contributed by atoms with Crippen molar-refractivity contribution in [3.8, 4) is 0 Å². The average Bonchev–Trinajstić information content (AvgIpc) is 2.66. The molecule has 0 bridgehead atoms. The Morgan fingerprint density at radius 2 is 1.34 bits per heavy atom. The molecule has 0 saturated carbocycles. The fourth-order valence-corrected chi connectivity index (χ4v) is 1.00. The fraction of sp³-hybridized carbons (Fsp3) is 0.526. The first kappa shape index (κ1) is 33.8. The lowest BCUT2D eigenvalue weighted by Gasteiger charge is -2.26. The van der Waals surface area contributed by atoms with E-state index in [1.807, 2.05) is 0 Å². The molecule has 6 nitrogen and oxygen atoms in total. The minimum Gasteiger partial charge on any atom is -0.466 e. The van der Waals surface area contributed by atoms with Crippen LogP contribution in [0.5, 0.6) is 0 Å². The molecule has 32 heavy (non-hydrogen) atoms. The highest BCUT2D eigenvalue weighted by molar-refractivity contribution is 5.87. The van der Waals surface area contributed by atoms with Crippen molar-refractivity contribution in [3.05, 3.63) is 37.0 Å². The molecular weight excluding hydrogens is 457 g/mol. The van der Waals surface area contributed by atoms with Crippen LogP contribution in [0.4, 0.5) is 30.7 Å². The normalized spacial score (nSPS) is 10.8. The van der Waals surface area contributed by atoms with E-state index in [2.05, 4.69) is 36.1 Å². The molecule has 0 heterocycles. The third-order valence-electron chi connectivity index (χ3n) is 2.73. The highest BCUT2D eigenvalue weighted by Gasteiger charge is 2.76. The zero-order valence-electron chi connectivity index (χ0n) is 17.9. The molecular formula is C19H25F7O6. The molecule has 0 spiro atoms. The second kappa shape index (κ2) is 15.0. The topological polar surface area (TPSA) is 78.9 Å². The van der Waals surface area contributed by atoms with Gasteiger partial charge in [0.05, 0.1) is 13.7 Å². The van der Waals surface area contributed by atoms with Gasteiger partial charge in [-0.3, -0.25) is 0 Å². The van der Waals surface area contributed by atoms with Gasteiger partial charge in [-0.1, -0.05) is 33.1 Å². The molecule has 0 aliphatic rings. The maximum Gasteiger partial charge on any atom is 0.476 e. The molecule has 0 fully saturated rings. The Balaban J connectivity index is -0.000000427. The van der Waals surface area contributed by atoms with Crippen molar-refractivity contribution in [3.63, 3.8) is 0 Å². The van der Waals surface area contributed by atoms with E-state index in [0.29, 0.717) is 17.8 Å². The van der Waals surface area contributed by atoms with Crippen LogP contribution in [-0.2, 0) is 28.6 Å². The Kier molecular flexibility index (Phi) is 15.9. The van der Waals surface area contributed by atoms with E-state index >= 15 is 0 Å². The Labute approximate surface area is 180 Å². The maximum absolute atomic E-state index is 12.2. The molecule has 0 radical (unpaired) electrons. The van der Waals surface area contributed by atoms with Gasteiger partial charge < -0.3 is 14.2 Å². The number of carbonyl (C=O) groups excluding carboxylic acids is 3. The predicted molar refractivity (Wildman–Crippen MR) is 99.7 cm³/mol. The van der Waals surface area contributed by atoms with E-state index in [0.717, 1.165) is 12.8 Å². The minimum absolute atomic E-state index is 0.0281. The monoisotopic (exact) mass is 482 g/mol. The molecule has 0 unspecified atom stereocenters. The average molecular weight is 482 g/mol. The maximum atomic E-state index is 12.2. The number of ether oxygens (including phenoxy) is 3. The fourth-order valence-electron chi connectivity index (χ4n) is 1.00. The van der Waals surface area contributed by atoms with Crippen LogP contribution in [0.1, 0.15) is 33.6 Å². The molecule has 186 valence electrons. The summed E-state index contributed by atoms with van der Waals surface area (Å²) in [4.78, 5) is 31.0. The lowest BCUT2D eigenvalue weighted by molar-refractivity contribution is -0.411. The number of esters is 3. The molecule has 0 N–H and O–H groups in total. The summed E-state index contributed by atoms with van der Waals surface area (Å²) in [6.45, 7) is 15.2. The number of carbonyl (C=O) groups is 3. The molecule has 0 aliphatic carbocycles. The van der Waals surface area contributed by atoms with E-state index in [1.165, 1.54) is 7.11 Å². The summed E-state index contributed by atoms with van der Waals surface area (Å²) in [5.41, 5.74) is 0.901.